The minimum Gasteiger partial charge on any atom is -0.493 e. The molecule has 0 spiro atoms. The summed E-state index contributed by atoms with van der Waals surface area (Å²) in [5.74, 6) is 1.10. The maximum Gasteiger partial charge on any atom is 0.258 e. The van der Waals surface area contributed by atoms with Crippen LogP contribution >= 0.6 is 0 Å². The molecule has 1 saturated carbocycles. The number of H-pyrrole nitrogens is 1. The Balaban J connectivity index is 1.94. The van der Waals surface area contributed by atoms with Crippen LogP contribution < -0.4 is 15.0 Å². The topological polar surface area (TPSA) is 81.3 Å². The second-order valence-electron chi connectivity index (χ2n) is 5.38. The molecule has 3 rings (SSSR count). The Hall–Kier alpha value is -2.37. The van der Waals surface area contributed by atoms with Crippen molar-refractivity contribution in [1.29, 1.82) is 0 Å². The molecule has 1 aromatic heterocycles. The molecule has 1 N–H and O–H groups in total. The van der Waals surface area contributed by atoms with Crippen LogP contribution in [0.1, 0.15) is 19.8 Å². The van der Waals surface area contributed by atoms with Crippen LogP contribution in [0.5, 0.6) is 11.5 Å². The van der Waals surface area contributed by atoms with E-state index in [1.807, 2.05) is 0 Å². The lowest BCUT2D eigenvalue weighted by molar-refractivity contribution is -0.123. The molecule has 21 heavy (non-hydrogen) atoms. The van der Waals surface area contributed by atoms with Gasteiger partial charge in [0, 0.05) is 6.07 Å². The number of rotatable bonds is 5. The van der Waals surface area contributed by atoms with Gasteiger partial charge in [-0.3, -0.25) is 9.59 Å². The number of nitrogens with one attached hydrogen (secondary N) is 1. The van der Waals surface area contributed by atoms with Gasteiger partial charge in [-0.15, -0.1) is 0 Å². The van der Waals surface area contributed by atoms with E-state index in [0.29, 0.717) is 29.0 Å². The van der Waals surface area contributed by atoms with Crippen molar-refractivity contribution in [1.82, 2.24) is 9.97 Å². The molecule has 6 heteroatoms. The molecule has 0 bridgehead atoms. The molecule has 1 aromatic carbocycles. The van der Waals surface area contributed by atoms with Gasteiger partial charge in [0.25, 0.3) is 5.56 Å². The number of benzene rings is 1. The number of methoxy groups -OCH3 is 1. The highest BCUT2D eigenvalue weighted by molar-refractivity contribution is 5.85. The molecular formula is C15H16N2O4. The summed E-state index contributed by atoms with van der Waals surface area (Å²) in [5.41, 5.74) is -0.0452. The number of Topliss-reactive ketones (excluding diaryl/α,β-unsaturated/α-hetero) is 1. The number of aromatic nitrogens is 2. The van der Waals surface area contributed by atoms with E-state index in [2.05, 4.69) is 9.97 Å². The number of aromatic amines is 1. The fourth-order valence-corrected chi connectivity index (χ4v) is 2.31. The zero-order chi connectivity index (χ0) is 15.0. The lowest BCUT2D eigenvalue weighted by atomic mass is 10.0. The molecule has 1 aliphatic carbocycles. The molecule has 0 atom stereocenters. The number of ether oxygens (including phenoxy) is 2. The summed E-state index contributed by atoms with van der Waals surface area (Å²) < 4.78 is 11.0. The molecule has 2 aromatic rings. The standard InChI is InChI=1S/C15H16N2O4/c1-9(18)15(3-4-15)7-21-13-6-11-10(5-12(13)20-2)14(19)17-8-16-11/h5-6,8H,3-4,7H2,1-2H3,(H,16,17,19). The molecule has 1 heterocycles. The number of ketones is 1. The quantitative estimate of drug-likeness (QED) is 0.905. The zero-order valence-electron chi connectivity index (χ0n) is 11.9. The first kappa shape index (κ1) is 13.6. The van der Waals surface area contributed by atoms with Crippen molar-refractivity contribution < 1.29 is 14.3 Å². The predicted octanol–water partition coefficient (Wildman–Crippen LogP) is 1.68. The summed E-state index contributed by atoms with van der Waals surface area (Å²) in [5, 5.41) is 0.439. The van der Waals surface area contributed by atoms with E-state index in [-0.39, 0.29) is 16.8 Å². The number of carbonyl (C=O) groups is 1. The van der Waals surface area contributed by atoms with Crippen LogP contribution in [0.25, 0.3) is 10.9 Å². The Bertz CT molecular complexity index is 762. The van der Waals surface area contributed by atoms with Gasteiger partial charge < -0.3 is 14.5 Å². The zero-order valence-corrected chi connectivity index (χ0v) is 11.9. The van der Waals surface area contributed by atoms with Gasteiger partial charge >= 0.3 is 0 Å². The summed E-state index contributed by atoms with van der Waals surface area (Å²) in [7, 11) is 1.51. The third-order valence-corrected chi connectivity index (χ3v) is 4.03. The van der Waals surface area contributed by atoms with Gasteiger partial charge in [-0.1, -0.05) is 0 Å². The average molecular weight is 288 g/mol. The van der Waals surface area contributed by atoms with Gasteiger partial charge in [0.2, 0.25) is 0 Å². The number of carbonyl (C=O) groups excluding carboxylic acids is 1. The molecule has 0 unspecified atom stereocenters. The van der Waals surface area contributed by atoms with Gasteiger partial charge in [0.15, 0.2) is 11.5 Å². The summed E-state index contributed by atoms with van der Waals surface area (Å²) in [4.78, 5) is 30.0. The van der Waals surface area contributed by atoms with Gasteiger partial charge in [-0.2, -0.15) is 0 Å². The first-order chi connectivity index (χ1) is 10.1. The SMILES string of the molecule is COc1cc2c(=O)[nH]cnc2cc1OCC1(C(C)=O)CC1. The highest BCUT2D eigenvalue weighted by Crippen LogP contribution is 2.47. The minimum atomic E-state index is -0.346. The van der Waals surface area contributed by atoms with Crippen LogP contribution in [-0.2, 0) is 4.79 Å². The van der Waals surface area contributed by atoms with Crippen molar-refractivity contribution in [3.8, 4) is 11.5 Å². The highest BCUT2D eigenvalue weighted by Gasteiger charge is 2.48. The Labute approximate surface area is 121 Å². The Morgan fingerprint density at radius 3 is 2.76 bits per heavy atom. The molecule has 1 aliphatic rings. The van der Waals surface area contributed by atoms with Crippen molar-refractivity contribution in [3.63, 3.8) is 0 Å². The van der Waals surface area contributed by atoms with Crippen LogP contribution in [0.4, 0.5) is 0 Å². The monoisotopic (exact) mass is 288 g/mol. The number of fused-ring (bicyclic) bond motifs is 1. The second kappa shape index (κ2) is 4.87. The fourth-order valence-electron chi connectivity index (χ4n) is 2.31. The molecule has 0 radical (unpaired) electrons. The van der Waals surface area contributed by atoms with E-state index in [0.717, 1.165) is 12.8 Å². The summed E-state index contributed by atoms with van der Waals surface area (Å²) in [6.07, 6.45) is 3.06. The van der Waals surface area contributed by atoms with E-state index in [1.54, 1.807) is 19.1 Å². The summed E-state index contributed by atoms with van der Waals surface area (Å²) in [6.45, 7) is 1.92. The van der Waals surface area contributed by atoms with Crippen molar-refractivity contribution in [2.75, 3.05) is 13.7 Å². The molecule has 1 fully saturated rings. The van der Waals surface area contributed by atoms with E-state index in [9.17, 15) is 9.59 Å². The van der Waals surface area contributed by atoms with E-state index >= 15 is 0 Å². The lowest BCUT2D eigenvalue weighted by Crippen LogP contribution is -2.21. The number of nitrogens with zero attached hydrogens (tertiary/aromatic N) is 1. The smallest absolute Gasteiger partial charge is 0.258 e. The normalized spacial score (nSPS) is 15.7. The number of hydrogen-bond donors (Lipinski definition) is 1. The van der Waals surface area contributed by atoms with Crippen LogP contribution in [0, 0.1) is 5.41 Å². The van der Waals surface area contributed by atoms with Crippen LogP contribution in [0.2, 0.25) is 0 Å². The van der Waals surface area contributed by atoms with Crippen molar-refractivity contribution in [2.45, 2.75) is 19.8 Å². The van der Waals surface area contributed by atoms with Crippen LogP contribution in [0.3, 0.4) is 0 Å². The van der Waals surface area contributed by atoms with E-state index in [4.69, 9.17) is 9.47 Å². The van der Waals surface area contributed by atoms with Crippen molar-refractivity contribution in [3.05, 3.63) is 28.8 Å². The predicted molar refractivity (Wildman–Crippen MR) is 76.8 cm³/mol. The molecule has 0 aliphatic heterocycles. The van der Waals surface area contributed by atoms with Gasteiger partial charge in [-0.05, 0) is 25.8 Å². The molecular weight excluding hydrogens is 272 g/mol. The largest absolute Gasteiger partial charge is 0.493 e. The Morgan fingerprint density at radius 2 is 2.14 bits per heavy atom. The Morgan fingerprint density at radius 1 is 1.38 bits per heavy atom. The lowest BCUT2D eigenvalue weighted by Gasteiger charge is -2.15. The second-order valence-corrected chi connectivity index (χ2v) is 5.38. The molecule has 6 nitrogen and oxygen atoms in total. The van der Waals surface area contributed by atoms with Gasteiger partial charge in [0.1, 0.15) is 12.4 Å². The van der Waals surface area contributed by atoms with E-state index < -0.39 is 0 Å². The first-order valence-corrected chi connectivity index (χ1v) is 6.75. The van der Waals surface area contributed by atoms with Crippen LogP contribution in [0.15, 0.2) is 23.3 Å². The summed E-state index contributed by atoms with van der Waals surface area (Å²) in [6, 6.07) is 3.27. The maximum atomic E-state index is 11.7. The minimum absolute atomic E-state index is 0.150. The molecule has 0 saturated heterocycles. The Kier molecular flexibility index (Phi) is 3.16. The third-order valence-electron chi connectivity index (χ3n) is 4.03. The first-order valence-electron chi connectivity index (χ1n) is 6.75. The average Bonchev–Trinajstić information content (AvgIpc) is 3.26. The summed E-state index contributed by atoms with van der Waals surface area (Å²) >= 11 is 0. The fraction of sp³-hybridized carbons (Fsp3) is 0.400. The number of hydrogen-bond acceptors (Lipinski definition) is 5. The molecule has 110 valence electrons. The van der Waals surface area contributed by atoms with E-state index in [1.165, 1.54) is 13.4 Å². The van der Waals surface area contributed by atoms with Crippen LogP contribution in [-0.4, -0.2) is 29.5 Å². The highest BCUT2D eigenvalue weighted by atomic mass is 16.5. The van der Waals surface area contributed by atoms with Crippen molar-refractivity contribution >= 4 is 16.7 Å². The molecule has 0 amide bonds. The van der Waals surface area contributed by atoms with Gasteiger partial charge in [0.05, 0.1) is 29.8 Å². The third kappa shape index (κ3) is 2.37. The van der Waals surface area contributed by atoms with Crippen molar-refractivity contribution in [2.24, 2.45) is 5.41 Å². The maximum absolute atomic E-state index is 11.7. The van der Waals surface area contributed by atoms with Gasteiger partial charge in [-0.25, -0.2) is 4.98 Å².